The topological polar surface area (TPSA) is 247 Å². The van der Waals surface area contributed by atoms with E-state index in [0.29, 0.717) is 16.1 Å². The van der Waals surface area contributed by atoms with Gasteiger partial charge in [0, 0.05) is 10.7 Å². The van der Waals surface area contributed by atoms with Gasteiger partial charge in [0.2, 0.25) is 5.28 Å². The number of tetrazole rings is 1. The normalized spacial score (nSPS) is 23.0. The lowest BCUT2D eigenvalue weighted by atomic mass is 10.1. The molecule has 5 rings (SSSR count). The zero-order valence-corrected chi connectivity index (χ0v) is 22.5. The molecule has 0 amide bonds. The predicted molar refractivity (Wildman–Crippen MR) is 137 cm³/mol. The molecule has 1 fully saturated rings. The third kappa shape index (κ3) is 5.53. The fourth-order valence-corrected chi connectivity index (χ4v) is 5.26. The van der Waals surface area contributed by atoms with E-state index in [1.54, 1.807) is 24.3 Å². The molecule has 0 aliphatic carbocycles. The standard InChI is InChI=1S/C20H22Cl2N9O8P/c21-9-2-1-3-10(4-9)24-16-11-6-23-31(17(11)26-19(22)25-16)18-15(34)14(33)12(39-18)7-38-20(8-32,40(35,36)37)5-13-27-29-30-28-13/h1-4,6,12,14-15,18,32-34H,5,7-8H2,(H,24,25,26)(H2,35,36,37)(H,27,28,29,30)/t12-,14-,15-,18-,20?/m1/s1. The Hall–Kier alpha value is -2.83. The summed E-state index contributed by atoms with van der Waals surface area (Å²) in [5.41, 5.74) is 0.763. The fraction of sp³-hybridized carbons (Fsp3) is 0.400. The molecule has 40 heavy (non-hydrogen) atoms. The Labute approximate surface area is 234 Å². The van der Waals surface area contributed by atoms with Crippen molar-refractivity contribution >= 4 is 53.3 Å². The molecule has 1 aromatic carbocycles. The molecule has 17 nitrogen and oxygen atoms in total. The second-order valence-electron chi connectivity index (χ2n) is 8.81. The number of rotatable bonds is 10. The molecule has 1 aliphatic rings. The highest BCUT2D eigenvalue weighted by Gasteiger charge is 2.52. The summed E-state index contributed by atoms with van der Waals surface area (Å²) in [7, 11) is -5.14. The average molecular weight is 618 g/mol. The molecule has 20 heteroatoms. The van der Waals surface area contributed by atoms with Crippen LogP contribution >= 0.6 is 30.8 Å². The number of H-pyrrole nitrogens is 1. The van der Waals surface area contributed by atoms with Crippen LogP contribution in [0.4, 0.5) is 11.5 Å². The second kappa shape index (κ2) is 11.2. The first-order chi connectivity index (χ1) is 19.0. The first-order valence-electron chi connectivity index (χ1n) is 11.5. The Bertz CT molecular complexity index is 1540. The fourth-order valence-electron chi connectivity index (χ4n) is 4.13. The second-order valence-corrected chi connectivity index (χ2v) is 11.5. The quantitative estimate of drug-likeness (QED) is 0.0922. The van der Waals surface area contributed by atoms with E-state index in [4.69, 9.17) is 32.7 Å². The SMILES string of the molecule is O=P(O)(O)C(CO)(Cc1nn[nH]n1)OC[C@H]1O[C@@H](n2ncc3c(Nc4cccc(Cl)c4)nc(Cl)nc32)[C@H](O)[C@@H]1O. The molecule has 214 valence electrons. The molecule has 0 saturated carbocycles. The number of aliphatic hydroxyl groups is 3. The van der Waals surface area contributed by atoms with Crippen LogP contribution in [0.25, 0.3) is 11.0 Å². The summed E-state index contributed by atoms with van der Waals surface area (Å²) in [6, 6.07) is 6.86. The van der Waals surface area contributed by atoms with Gasteiger partial charge in [-0.15, -0.1) is 10.2 Å². The average Bonchev–Trinajstić information content (AvgIpc) is 3.62. The minimum atomic E-state index is -5.14. The molecule has 3 aromatic heterocycles. The summed E-state index contributed by atoms with van der Waals surface area (Å²) >= 11 is 12.2. The first-order valence-corrected chi connectivity index (χ1v) is 13.9. The molecule has 1 saturated heterocycles. The van der Waals surface area contributed by atoms with E-state index in [-0.39, 0.29) is 22.6 Å². The molecular weight excluding hydrogens is 596 g/mol. The van der Waals surface area contributed by atoms with Gasteiger partial charge >= 0.3 is 7.60 Å². The monoisotopic (exact) mass is 617 g/mol. The first kappa shape index (κ1) is 28.7. The Kier molecular flexibility index (Phi) is 8.04. The van der Waals surface area contributed by atoms with Crippen molar-refractivity contribution in [2.45, 2.75) is 36.3 Å². The number of aromatic nitrogens is 8. The van der Waals surface area contributed by atoms with Crippen LogP contribution in [0.15, 0.2) is 30.5 Å². The highest BCUT2D eigenvalue weighted by atomic mass is 35.5. The van der Waals surface area contributed by atoms with Crippen LogP contribution in [0.3, 0.4) is 0 Å². The molecule has 1 unspecified atom stereocenters. The number of halogens is 2. The number of aliphatic hydroxyl groups excluding tert-OH is 3. The smallest absolute Gasteiger partial charge is 0.359 e. The summed E-state index contributed by atoms with van der Waals surface area (Å²) in [5.74, 6) is 0.150. The van der Waals surface area contributed by atoms with Gasteiger partial charge in [0.1, 0.15) is 24.1 Å². The number of hydrogen-bond acceptors (Lipinski definition) is 13. The summed E-state index contributed by atoms with van der Waals surface area (Å²) in [6.07, 6.45) is -4.96. The van der Waals surface area contributed by atoms with Crippen LogP contribution in [0.2, 0.25) is 10.3 Å². The molecule has 0 bridgehead atoms. The van der Waals surface area contributed by atoms with Gasteiger partial charge in [-0.05, 0) is 29.8 Å². The molecule has 4 heterocycles. The van der Waals surface area contributed by atoms with Gasteiger partial charge in [-0.2, -0.15) is 20.3 Å². The van der Waals surface area contributed by atoms with Crippen LogP contribution in [-0.2, 0) is 20.5 Å². The number of benzene rings is 1. The third-order valence-electron chi connectivity index (χ3n) is 6.21. The van der Waals surface area contributed by atoms with Crippen molar-refractivity contribution in [3.63, 3.8) is 0 Å². The molecular formula is C20H22Cl2N9O8P. The van der Waals surface area contributed by atoms with Gasteiger partial charge in [0.25, 0.3) is 0 Å². The predicted octanol–water partition coefficient (Wildman–Crippen LogP) is 0.135. The Balaban J connectivity index is 1.39. The molecule has 1 aliphatic heterocycles. The van der Waals surface area contributed by atoms with E-state index < -0.39 is 57.1 Å². The minimum Gasteiger partial charge on any atom is -0.393 e. The highest BCUT2D eigenvalue weighted by Crippen LogP contribution is 2.53. The largest absolute Gasteiger partial charge is 0.393 e. The van der Waals surface area contributed by atoms with Crippen molar-refractivity contribution in [3.05, 3.63) is 46.6 Å². The maximum Gasteiger partial charge on any atom is 0.359 e. The van der Waals surface area contributed by atoms with Crippen LogP contribution < -0.4 is 5.32 Å². The summed E-state index contributed by atoms with van der Waals surface area (Å²) < 4.78 is 24.7. The summed E-state index contributed by atoms with van der Waals surface area (Å²) in [6.45, 7) is -1.77. The van der Waals surface area contributed by atoms with Crippen molar-refractivity contribution in [3.8, 4) is 0 Å². The summed E-state index contributed by atoms with van der Waals surface area (Å²) in [5, 5.41) is 49.7. The van der Waals surface area contributed by atoms with Crippen LogP contribution in [0.5, 0.6) is 0 Å². The Morgan fingerprint density at radius 1 is 1.23 bits per heavy atom. The van der Waals surface area contributed by atoms with Crippen LogP contribution in [-0.4, -0.2) is 102 Å². The zero-order chi connectivity index (χ0) is 28.7. The van der Waals surface area contributed by atoms with Crippen LogP contribution in [0.1, 0.15) is 12.1 Å². The minimum absolute atomic E-state index is 0.134. The van der Waals surface area contributed by atoms with E-state index in [2.05, 4.69) is 41.0 Å². The van der Waals surface area contributed by atoms with Crippen molar-refractivity contribution in [2.75, 3.05) is 18.5 Å². The zero-order valence-electron chi connectivity index (χ0n) is 20.1. The third-order valence-corrected chi connectivity index (χ3v) is 8.10. The van der Waals surface area contributed by atoms with E-state index >= 15 is 0 Å². The van der Waals surface area contributed by atoms with E-state index in [9.17, 15) is 29.7 Å². The van der Waals surface area contributed by atoms with Gasteiger partial charge in [-0.25, -0.2) is 4.68 Å². The number of anilines is 2. The maximum absolute atomic E-state index is 12.3. The Morgan fingerprint density at radius 2 is 2.02 bits per heavy atom. The number of aromatic amines is 1. The van der Waals surface area contributed by atoms with Gasteiger partial charge in [0.05, 0.1) is 31.2 Å². The van der Waals surface area contributed by atoms with Crippen molar-refractivity contribution in [1.29, 1.82) is 0 Å². The molecule has 4 aromatic rings. The van der Waals surface area contributed by atoms with Gasteiger partial charge < -0.3 is 39.9 Å². The van der Waals surface area contributed by atoms with Crippen molar-refractivity contribution in [1.82, 2.24) is 40.4 Å². The number of ether oxygens (including phenoxy) is 2. The Morgan fingerprint density at radius 3 is 2.70 bits per heavy atom. The van der Waals surface area contributed by atoms with Crippen molar-refractivity contribution < 1.29 is 39.1 Å². The van der Waals surface area contributed by atoms with Gasteiger partial charge in [0.15, 0.2) is 23.0 Å². The highest BCUT2D eigenvalue weighted by molar-refractivity contribution is 7.53. The van der Waals surface area contributed by atoms with Gasteiger partial charge in [-0.1, -0.05) is 22.9 Å². The molecule has 5 atom stereocenters. The van der Waals surface area contributed by atoms with E-state index in [1.165, 1.54) is 10.9 Å². The van der Waals surface area contributed by atoms with Gasteiger partial charge in [-0.3, -0.25) is 4.57 Å². The van der Waals surface area contributed by atoms with E-state index in [1.807, 2.05) is 0 Å². The number of nitrogens with one attached hydrogen (secondary N) is 2. The summed E-state index contributed by atoms with van der Waals surface area (Å²) in [4.78, 5) is 28.3. The lowest BCUT2D eigenvalue weighted by Crippen LogP contribution is -2.43. The lowest BCUT2D eigenvalue weighted by Gasteiger charge is -2.32. The van der Waals surface area contributed by atoms with Crippen molar-refractivity contribution in [2.24, 2.45) is 0 Å². The molecule has 0 spiro atoms. The number of nitrogens with zero attached hydrogens (tertiary/aromatic N) is 7. The number of hydrogen-bond donors (Lipinski definition) is 7. The molecule has 0 radical (unpaired) electrons. The lowest BCUT2D eigenvalue weighted by molar-refractivity contribution is -0.109. The van der Waals surface area contributed by atoms with Crippen LogP contribution in [0, 0.1) is 0 Å². The van der Waals surface area contributed by atoms with E-state index in [0.717, 1.165) is 0 Å². The molecule has 7 N–H and O–H groups in total. The number of fused-ring (bicyclic) bond motifs is 1. The maximum atomic E-state index is 12.3.